The van der Waals surface area contributed by atoms with Gasteiger partial charge in [-0.15, -0.1) is 0 Å². The van der Waals surface area contributed by atoms with Crippen LogP contribution in [0, 0.1) is 0 Å². The van der Waals surface area contributed by atoms with Gasteiger partial charge >= 0.3 is 7.94 Å². The van der Waals surface area contributed by atoms with Crippen LogP contribution in [0.25, 0.3) is 0 Å². The van der Waals surface area contributed by atoms with Crippen molar-refractivity contribution in [2.24, 2.45) is 0 Å². The van der Waals surface area contributed by atoms with Gasteiger partial charge in [-0.2, -0.15) is 14.7 Å². The summed E-state index contributed by atoms with van der Waals surface area (Å²) in [5.41, 5.74) is 0. The molecular formula is C5H14CdO3P+. The second kappa shape index (κ2) is 6.91. The molecule has 0 amide bonds. The van der Waals surface area contributed by atoms with Crippen molar-refractivity contribution < 1.29 is 42.0 Å². The van der Waals surface area contributed by atoms with E-state index in [1.165, 1.54) is 0 Å². The molecule has 0 aliphatic carbocycles. The summed E-state index contributed by atoms with van der Waals surface area (Å²) >= 11 is 0. The van der Waals surface area contributed by atoms with E-state index in [4.69, 9.17) is 14.7 Å². The molecule has 5 heteroatoms. The molecule has 0 heterocycles. The second-order valence-corrected chi connectivity index (χ2v) is 3.96. The molecule has 0 bridgehead atoms. The van der Waals surface area contributed by atoms with Crippen molar-refractivity contribution >= 4 is 7.94 Å². The largest absolute Gasteiger partial charge is 0.403 e. The molecule has 0 unspecified atom stereocenters. The number of unbranched alkanes of at least 4 members (excludes halogenated alkanes) is 2. The fourth-order valence-electron chi connectivity index (χ4n) is 0.574. The van der Waals surface area contributed by atoms with Crippen molar-refractivity contribution in [1.29, 1.82) is 0 Å². The molecule has 58 valence electrons. The predicted octanol–water partition coefficient (Wildman–Crippen LogP) is 0.914. The Morgan fingerprint density at radius 1 is 1.10 bits per heavy atom. The third kappa shape index (κ3) is 12.0. The third-order valence-corrected chi connectivity index (χ3v) is 1.98. The Morgan fingerprint density at radius 2 is 1.60 bits per heavy atom. The smallest absolute Gasteiger partial charge is 0.193 e. The minimum atomic E-state index is -3.45. The fourth-order valence-corrected chi connectivity index (χ4v) is 1.22. The first-order valence-corrected chi connectivity index (χ1v) is 4.96. The minimum absolute atomic E-state index is 0. The Balaban J connectivity index is 0. The van der Waals surface area contributed by atoms with Crippen LogP contribution in [0.3, 0.4) is 0 Å². The van der Waals surface area contributed by atoms with Gasteiger partial charge in [-0.3, -0.25) is 0 Å². The van der Waals surface area contributed by atoms with Crippen LogP contribution >= 0.6 is 7.94 Å². The maximum atomic E-state index is 8.47. The summed E-state index contributed by atoms with van der Waals surface area (Å²) < 4.78 is 0. The normalized spacial score (nSPS) is 10.8. The molecule has 0 atom stereocenters. The van der Waals surface area contributed by atoms with Gasteiger partial charge in [0.25, 0.3) is 0 Å². The topological polar surface area (TPSA) is 60.7 Å². The molecule has 0 saturated carbocycles. The molecule has 0 rings (SSSR count). The number of rotatable bonds is 4. The molecule has 0 aromatic heterocycles. The zero-order chi connectivity index (χ0) is 7.33. The molecular weight excluding hydrogens is 251 g/mol. The van der Waals surface area contributed by atoms with Gasteiger partial charge in [0.2, 0.25) is 0 Å². The summed E-state index contributed by atoms with van der Waals surface area (Å²) in [7, 11) is -3.45. The molecule has 0 aliphatic rings. The predicted molar refractivity (Wildman–Crippen MR) is 38.0 cm³/mol. The zero-order valence-electron chi connectivity index (χ0n) is 6.32. The molecule has 0 aliphatic heterocycles. The van der Waals surface area contributed by atoms with Crippen molar-refractivity contribution in [3.8, 4) is 0 Å². The molecule has 0 saturated heterocycles. The molecule has 10 heavy (non-hydrogen) atoms. The van der Waals surface area contributed by atoms with Gasteiger partial charge in [0.15, 0.2) is 0 Å². The van der Waals surface area contributed by atoms with Gasteiger partial charge in [0, 0.05) is 27.3 Å². The quantitative estimate of drug-likeness (QED) is 0.402. The first-order chi connectivity index (χ1) is 4.06. The minimum Gasteiger partial charge on any atom is -0.193 e. The molecule has 0 aromatic carbocycles. The van der Waals surface area contributed by atoms with Crippen molar-refractivity contribution in [3.05, 3.63) is 0 Å². The molecule has 0 spiro atoms. The van der Waals surface area contributed by atoms with Crippen molar-refractivity contribution in [1.82, 2.24) is 0 Å². The maximum Gasteiger partial charge on any atom is 0.403 e. The van der Waals surface area contributed by atoms with Crippen molar-refractivity contribution in [3.63, 3.8) is 0 Å². The Hall–Kier alpha value is 1.23. The Labute approximate surface area is 82.2 Å². The van der Waals surface area contributed by atoms with Gasteiger partial charge in [-0.1, -0.05) is 13.3 Å². The summed E-state index contributed by atoms with van der Waals surface area (Å²) in [6, 6.07) is 0. The van der Waals surface area contributed by atoms with Crippen LogP contribution < -0.4 is 0 Å². The van der Waals surface area contributed by atoms with Gasteiger partial charge < -0.3 is 0 Å². The zero-order valence-corrected chi connectivity index (χ0v) is 11.3. The number of hydrogen-bond acceptors (Lipinski definition) is 3. The third-order valence-electron chi connectivity index (χ3n) is 1.06. The fraction of sp³-hybridized carbons (Fsp3) is 1.00. The average Bonchev–Trinajstić information content (AvgIpc) is 1.63. The summed E-state index contributed by atoms with van der Waals surface area (Å²) in [6.45, 7) is 2.02. The second-order valence-electron chi connectivity index (χ2n) is 2.12. The van der Waals surface area contributed by atoms with E-state index in [0.717, 1.165) is 12.8 Å². The van der Waals surface area contributed by atoms with Crippen LogP contribution in [0.1, 0.15) is 26.2 Å². The SMILES string of the molecule is CCCCC[P+](O)(O)O.[Cd]. The maximum absolute atomic E-state index is 8.47. The summed E-state index contributed by atoms with van der Waals surface area (Å²) in [5, 5.41) is 0. The van der Waals surface area contributed by atoms with Crippen LogP contribution in [0.5, 0.6) is 0 Å². The van der Waals surface area contributed by atoms with Gasteiger partial charge in [-0.05, 0) is 12.8 Å². The van der Waals surface area contributed by atoms with E-state index in [9.17, 15) is 0 Å². The standard InChI is InChI=1S/C5H14O3P.Cd/c1-2-3-4-5-9(6,7)8;/h6-8H,2-5H2,1H3;/q+1;. The molecule has 3 nitrogen and oxygen atoms in total. The summed E-state index contributed by atoms with van der Waals surface area (Å²) in [4.78, 5) is 25.4. The molecule has 0 aromatic rings. The van der Waals surface area contributed by atoms with Crippen LogP contribution in [-0.4, -0.2) is 20.8 Å². The van der Waals surface area contributed by atoms with Crippen LogP contribution in [0.15, 0.2) is 0 Å². The summed E-state index contributed by atoms with van der Waals surface area (Å²) in [5.74, 6) is 0. The van der Waals surface area contributed by atoms with E-state index < -0.39 is 7.94 Å². The average molecular weight is 266 g/mol. The first-order valence-electron chi connectivity index (χ1n) is 3.12. The Bertz CT molecular complexity index is 73.8. The van der Waals surface area contributed by atoms with Gasteiger partial charge in [-0.25, -0.2) is 0 Å². The van der Waals surface area contributed by atoms with Crippen molar-refractivity contribution in [2.45, 2.75) is 26.2 Å². The van der Waals surface area contributed by atoms with E-state index in [-0.39, 0.29) is 33.5 Å². The Kier molecular flexibility index (Phi) is 9.54. The van der Waals surface area contributed by atoms with E-state index in [1.54, 1.807) is 0 Å². The van der Waals surface area contributed by atoms with E-state index in [2.05, 4.69) is 0 Å². The van der Waals surface area contributed by atoms with E-state index in [0.29, 0.717) is 6.42 Å². The molecule has 3 N–H and O–H groups in total. The van der Waals surface area contributed by atoms with Crippen LogP contribution in [-0.2, 0) is 27.3 Å². The first kappa shape index (κ1) is 13.8. The van der Waals surface area contributed by atoms with Gasteiger partial charge in [0.1, 0.15) is 6.16 Å². The summed E-state index contributed by atoms with van der Waals surface area (Å²) in [6.07, 6.45) is 2.83. The van der Waals surface area contributed by atoms with Crippen molar-refractivity contribution in [2.75, 3.05) is 6.16 Å². The van der Waals surface area contributed by atoms with Crippen LogP contribution in [0.4, 0.5) is 0 Å². The Morgan fingerprint density at radius 3 is 1.90 bits per heavy atom. The van der Waals surface area contributed by atoms with Gasteiger partial charge in [0.05, 0.1) is 0 Å². The molecule has 0 fully saturated rings. The molecule has 0 radical (unpaired) electrons. The van der Waals surface area contributed by atoms with E-state index in [1.807, 2.05) is 6.92 Å². The van der Waals surface area contributed by atoms with E-state index >= 15 is 0 Å². The monoisotopic (exact) mass is 267 g/mol. The van der Waals surface area contributed by atoms with Crippen LogP contribution in [0.2, 0.25) is 0 Å². The number of hydrogen-bond donors (Lipinski definition) is 3.